The Bertz CT molecular complexity index is 1040. The summed E-state index contributed by atoms with van der Waals surface area (Å²) < 4.78 is 28.6. The van der Waals surface area contributed by atoms with E-state index >= 15 is 0 Å². The third kappa shape index (κ3) is 3.20. The molecule has 0 unspecified atom stereocenters. The van der Waals surface area contributed by atoms with Crippen molar-refractivity contribution >= 4 is 27.3 Å². The van der Waals surface area contributed by atoms with Crippen molar-refractivity contribution in [1.82, 2.24) is 0 Å². The molecule has 1 aliphatic heterocycles. The summed E-state index contributed by atoms with van der Waals surface area (Å²) >= 11 is 0. The lowest BCUT2D eigenvalue weighted by Crippen LogP contribution is -2.42. The number of nitrogens with zero attached hydrogens (tertiary/aromatic N) is 1. The normalized spacial score (nSPS) is 19.2. The Morgan fingerprint density at radius 1 is 1.14 bits per heavy atom. The molecule has 0 spiro atoms. The van der Waals surface area contributed by atoms with Gasteiger partial charge in [0.05, 0.1) is 10.6 Å². The molecule has 148 valence electrons. The molecule has 2 aliphatic rings. The van der Waals surface area contributed by atoms with E-state index in [2.05, 4.69) is 4.72 Å². The molecule has 2 aromatic rings. The highest BCUT2D eigenvalue weighted by atomic mass is 32.2. The maximum Gasteiger partial charge on any atom is 0.261 e. The van der Waals surface area contributed by atoms with E-state index in [0.29, 0.717) is 12.1 Å². The first-order valence-electron chi connectivity index (χ1n) is 9.83. The topological polar surface area (TPSA) is 66.5 Å². The van der Waals surface area contributed by atoms with Crippen LogP contribution in [-0.2, 0) is 21.2 Å². The summed E-state index contributed by atoms with van der Waals surface area (Å²) in [5.41, 5.74) is 4.32. The summed E-state index contributed by atoms with van der Waals surface area (Å²) in [6, 6.07) is 10.7. The molecule has 1 N–H and O–H groups in total. The van der Waals surface area contributed by atoms with Crippen LogP contribution in [0.3, 0.4) is 0 Å². The maximum atomic E-state index is 12.9. The number of carbonyl (C=O) groups excluding carboxylic acids is 1. The monoisotopic (exact) mass is 398 g/mol. The number of fused-ring (bicyclic) bond motifs is 1. The SMILES string of the molecule is Cc1cccc(NS(=O)(=O)c2ccc3c(c2)C[C@@H](C)N3C(=O)C2CCC2)c1C. The van der Waals surface area contributed by atoms with Crippen molar-refractivity contribution < 1.29 is 13.2 Å². The largest absolute Gasteiger partial charge is 0.309 e. The predicted molar refractivity (Wildman–Crippen MR) is 111 cm³/mol. The molecule has 1 fully saturated rings. The number of aryl methyl sites for hydroxylation is 1. The molecule has 0 radical (unpaired) electrons. The lowest BCUT2D eigenvalue weighted by atomic mass is 9.84. The summed E-state index contributed by atoms with van der Waals surface area (Å²) in [5.74, 6) is 0.310. The molecule has 4 rings (SSSR count). The van der Waals surface area contributed by atoms with Gasteiger partial charge in [-0.1, -0.05) is 18.6 Å². The van der Waals surface area contributed by atoms with E-state index in [9.17, 15) is 13.2 Å². The van der Waals surface area contributed by atoms with Gasteiger partial charge in [0.15, 0.2) is 0 Å². The van der Waals surface area contributed by atoms with Crippen molar-refractivity contribution in [3.8, 4) is 0 Å². The van der Waals surface area contributed by atoms with Crippen molar-refractivity contribution in [2.75, 3.05) is 9.62 Å². The van der Waals surface area contributed by atoms with E-state index in [0.717, 1.165) is 41.6 Å². The average molecular weight is 399 g/mol. The Balaban J connectivity index is 1.63. The number of hydrogen-bond donors (Lipinski definition) is 1. The third-order valence-electron chi connectivity index (χ3n) is 6.12. The summed E-state index contributed by atoms with van der Waals surface area (Å²) in [5, 5.41) is 0. The number of carbonyl (C=O) groups is 1. The van der Waals surface area contributed by atoms with E-state index in [1.165, 1.54) is 0 Å². The zero-order valence-electron chi connectivity index (χ0n) is 16.5. The second-order valence-electron chi connectivity index (χ2n) is 8.03. The van der Waals surface area contributed by atoms with Crippen LogP contribution >= 0.6 is 0 Å². The molecule has 5 nitrogen and oxygen atoms in total. The molecular weight excluding hydrogens is 372 g/mol. The standard InChI is InChI=1S/C22H26N2O3S/c1-14-6-4-9-20(16(14)3)23-28(26,27)19-10-11-21-18(13-19)12-15(2)24(21)22(25)17-7-5-8-17/h4,6,9-11,13,15,17,23H,5,7-8,12H2,1-3H3/t15-/m1/s1. The Morgan fingerprint density at radius 3 is 2.57 bits per heavy atom. The van der Waals surface area contributed by atoms with Crippen molar-refractivity contribution in [2.45, 2.75) is 57.4 Å². The smallest absolute Gasteiger partial charge is 0.261 e. The lowest BCUT2D eigenvalue weighted by Gasteiger charge is -2.32. The highest BCUT2D eigenvalue weighted by Crippen LogP contribution is 2.38. The molecule has 28 heavy (non-hydrogen) atoms. The first kappa shape index (κ1) is 19.0. The van der Waals surface area contributed by atoms with Gasteiger partial charge in [-0.15, -0.1) is 0 Å². The molecular formula is C22H26N2O3S. The average Bonchev–Trinajstić information content (AvgIpc) is 2.92. The van der Waals surface area contributed by atoms with Gasteiger partial charge in [-0.2, -0.15) is 0 Å². The third-order valence-corrected chi connectivity index (χ3v) is 7.48. The second kappa shape index (κ2) is 6.92. The van der Waals surface area contributed by atoms with Gasteiger partial charge in [-0.25, -0.2) is 8.42 Å². The number of sulfonamides is 1. The Kier molecular flexibility index (Phi) is 4.70. The van der Waals surface area contributed by atoms with E-state index in [1.54, 1.807) is 24.3 Å². The van der Waals surface area contributed by atoms with Crippen LogP contribution in [0.25, 0.3) is 0 Å². The van der Waals surface area contributed by atoms with Crippen molar-refractivity contribution in [3.63, 3.8) is 0 Å². The minimum absolute atomic E-state index is 0.0630. The molecule has 0 aromatic heterocycles. The van der Waals surface area contributed by atoms with Gasteiger partial charge < -0.3 is 4.90 Å². The molecule has 1 saturated carbocycles. The molecule has 2 aromatic carbocycles. The Hall–Kier alpha value is -2.34. The van der Waals surface area contributed by atoms with Gasteiger partial charge in [0.25, 0.3) is 10.0 Å². The van der Waals surface area contributed by atoms with Crippen LogP contribution in [0.5, 0.6) is 0 Å². The first-order valence-corrected chi connectivity index (χ1v) is 11.3. The van der Waals surface area contributed by atoms with Crippen LogP contribution in [0.4, 0.5) is 11.4 Å². The fraction of sp³-hybridized carbons (Fsp3) is 0.409. The number of rotatable bonds is 4. The Labute approximate surface area is 166 Å². The highest BCUT2D eigenvalue weighted by Gasteiger charge is 2.37. The molecule has 0 saturated heterocycles. The second-order valence-corrected chi connectivity index (χ2v) is 9.72. The van der Waals surface area contributed by atoms with Gasteiger partial charge in [-0.3, -0.25) is 9.52 Å². The number of hydrogen-bond acceptors (Lipinski definition) is 3. The van der Waals surface area contributed by atoms with Crippen LogP contribution in [0, 0.1) is 19.8 Å². The van der Waals surface area contributed by atoms with Crippen molar-refractivity contribution in [2.24, 2.45) is 5.92 Å². The van der Waals surface area contributed by atoms with Gasteiger partial charge in [0.1, 0.15) is 0 Å². The van der Waals surface area contributed by atoms with Gasteiger partial charge in [-0.05, 0) is 81.0 Å². The lowest BCUT2D eigenvalue weighted by molar-refractivity contribution is -0.125. The maximum absolute atomic E-state index is 12.9. The van der Waals surface area contributed by atoms with Crippen LogP contribution in [0.15, 0.2) is 41.3 Å². The minimum Gasteiger partial charge on any atom is -0.309 e. The Morgan fingerprint density at radius 2 is 1.89 bits per heavy atom. The van der Waals surface area contributed by atoms with Gasteiger partial charge >= 0.3 is 0 Å². The summed E-state index contributed by atoms with van der Waals surface area (Å²) in [7, 11) is -3.69. The molecule has 0 bridgehead atoms. The summed E-state index contributed by atoms with van der Waals surface area (Å²) in [4.78, 5) is 14.9. The summed E-state index contributed by atoms with van der Waals surface area (Å²) in [6.07, 6.45) is 3.72. The fourth-order valence-electron chi connectivity index (χ4n) is 4.03. The predicted octanol–water partition coefficient (Wildman–Crippen LogP) is 4.18. The molecule has 1 heterocycles. The fourth-order valence-corrected chi connectivity index (χ4v) is 5.20. The highest BCUT2D eigenvalue weighted by molar-refractivity contribution is 7.92. The zero-order chi connectivity index (χ0) is 20.1. The van der Waals surface area contributed by atoms with Crippen molar-refractivity contribution in [3.05, 3.63) is 53.1 Å². The molecule has 1 aliphatic carbocycles. The van der Waals surface area contributed by atoms with Crippen LogP contribution in [-0.4, -0.2) is 20.4 Å². The van der Waals surface area contributed by atoms with Gasteiger partial charge in [0.2, 0.25) is 5.91 Å². The van der Waals surface area contributed by atoms with Crippen LogP contribution in [0.2, 0.25) is 0 Å². The van der Waals surface area contributed by atoms with Gasteiger partial charge in [0, 0.05) is 17.6 Å². The number of benzene rings is 2. The van der Waals surface area contributed by atoms with E-state index < -0.39 is 10.0 Å². The van der Waals surface area contributed by atoms with Crippen LogP contribution in [0.1, 0.15) is 42.9 Å². The number of nitrogens with one attached hydrogen (secondary N) is 1. The van der Waals surface area contributed by atoms with E-state index in [4.69, 9.17) is 0 Å². The van der Waals surface area contributed by atoms with E-state index in [-0.39, 0.29) is 22.8 Å². The first-order chi connectivity index (χ1) is 13.3. The quantitative estimate of drug-likeness (QED) is 0.840. The van der Waals surface area contributed by atoms with E-state index in [1.807, 2.05) is 37.8 Å². The van der Waals surface area contributed by atoms with Crippen molar-refractivity contribution in [1.29, 1.82) is 0 Å². The molecule has 6 heteroatoms. The van der Waals surface area contributed by atoms with Crippen LogP contribution < -0.4 is 9.62 Å². The zero-order valence-corrected chi connectivity index (χ0v) is 17.3. The number of amides is 1. The molecule has 1 amide bonds. The summed E-state index contributed by atoms with van der Waals surface area (Å²) in [6.45, 7) is 5.89. The molecule has 1 atom stereocenters. The minimum atomic E-state index is -3.69. The number of anilines is 2.